The third-order valence-electron chi connectivity index (χ3n) is 14.0. The number of rotatable bonds is 4. The van der Waals surface area contributed by atoms with Gasteiger partial charge in [-0.3, -0.25) is 9.59 Å². The first-order chi connectivity index (χ1) is 28.0. The number of methoxy groups -OCH3 is 2. The van der Waals surface area contributed by atoms with Gasteiger partial charge in [-0.1, -0.05) is 96.9 Å². The quantitative estimate of drug-likeness (QED) is 0.199. The Labute approximate surface area is 380 Å². The van der Waals surface area contributed by atoms with Crippen LogP contribution in [0.2, 0.25) is 0 Å². The van der Waals surface area contributed by atoms with Crippen LogP contribution in [0.1, 0.15) is 171 Å². The fourth-order valence-electron chi connectivity index (χ4n) is 9.46. The van der Waals surface area contributed by atoms with Crippen LogP contribution in [-0.2, 0) is 38.0 Å². The fourth-order valence-corrected chi connectivity index (χ4v) is 9.46. The van der Waals surface area contributed by atoms with Crippen molar-refractivity contribution >= 4 is 11.8 Å². The van der Waals surface area contributed by atoms with Gasteiger partial charge in [-0.25, -0.2) is 0 Å². The summed E-state index contributed by atoms with van der Waals surface area (Å²) in [6.45, 7) is 40.0. The molecule has 0 aliphatic carbocycles. The molecule has 3 saturated heterocycles. The van der Waals surface area contributed by atoms with Crippen LogP contribution in [0.3, 0.4) is 0 Å². The third-order valence-corrected chi connectivity index (χ3v) is 14.0. The summed E-state index contributed by atoms with van der Waals surface area (Å²) in [5, 5.41) is 33.6. The van der Waals surface area contributed by atoms with E-state index in [1.54, 1.807) is 21.1 Å². The first-order valence-corrected chi connectivity index (χ1v) is 23.4. The fraction of sp³-hybridized carbons (Fsp3) is 0.960. The number of ether oxygens (including phenoxy) is 6. The molecule has 4 N–H and O–H groups in total. The highest BCUT2D eigenvalue weighted by atomic mass is 16.7. The van der Waals surface area contributed by atoms with Crippen LogP contribution in [0.5, 0.6) is 0 Å². The minimum Gasteiger partial charge on any atom is -0.461 e. The lowest BCUT2D eigenvalue weighted by atomic mass is 9.62. The first kappa shape index (κ1) is 60.8. The van der Waals surface area contributed by atoms with Crippen molar-refractivity contribution in [2.24, 2.45) is 45.3 Å². The van der Waals surface area contributed by atoms with Crippen LogP contribution in [-0.4, -0.2) is 122 Å². The first-order valence-electron chi connectivity index (χ1n) is 23.4. The van der Waals surface area contributed by atoms with Gasteiger partial charge in [0.1, 0.15) is 18.0 Å². The summed E-state index contributed by atoms with van der Waals surface area (Å²) in [6.07, 6.45) is 0.865. The highest BCUT2D eigenvalue weighted by Crippen LogP contribution is 2.47. The average molecular weight is 890 g/mol. The van der Waals surface area contributed by atoms with E-state index >= 15 is 0 Å². The molecule has 0 radical (unpaired) electrons. The minimum atomic E-state index is -0.910. The number of aliphatic hydroxyl groups excluding tert-OH is 3. The Balaban J connectivity index is 0.000000989. The molecule has 0 bridgehead atoms. The largest absolute Gasteiger partial charge is 0.461 e. The van der Waals surface area contributed by atoms with Gasteiger partial charge in [-0.15, -0.1) is 0 Å². The lowest BCUT2D eigenvalue weighted by Gasteiger charge is -2.48. The van der Waals surface area contributed by atoms with Crippen LogP contribution < -0.4 is 5.32 Å². The zero-order chi connectivity index (χ0) is 49.1. The van der Waals surface area contributed by atoms with E-state index in [1.807, 2.05) is 83.3 Å². The Morgan fingerprint density at radius 2 is 1.29 bits per heavy atom. The summed E-state index contributed by atoms with van der Waals surface area (Å²) in [4.78, 5) is 26.6. The summed E-state index contributed by atoms with van der Waals surface area (Å²) in [5.41, 5.74) is -2.24. The van der Waals surface area contributed by atoms with Crippen LogP contribution in [0, 0.1) is 45.3 Å². The van der Waals surface area contributed by atoms with Gasteiger partial charge >= 0.3 is 5.97 Å². The maximum atomic E-state index is 13.3. The molecule has 0 amide bonds. The van der Waals surface area contributed by atoms with Crippen molar-refractivity contribution in [3.8, 4) is 0 Å². The maximum Gasteiger partial charge on any atom is 0.309 e. The number of ketones is 1. The molecule has 62 heavy (non-hydrogen) atoms. The van der Waals surface area contributed by atoms with Crippen molar-refractivity contribution < 1.29 is 53.3 Å². The molecule has 0 aromatic rings. The molecule has 370 valence electrons. The van der Waals surface area contributed by atoms with Gasteiger partial charge in [-0.05, 0) is 103 Å². The normalized spacial score (nSPS) is 38.0. The molecule has 0 saturated carbocycles. The number of esters is 1. The highest BCUT2D eigenvalue weighted by Gasteiger charge is 2.50. The Morgan fingerprint density at radius 3 is 1.71 bits per heavy atom. The number of nitrogens with one attached hydrogen (secondary N) is 1. The van der Waals surface area contributed by atoms with Gasteiger partial charge in [0.25, 0.3) is 0 Å². The minimum absolute atomic E-state index is 0.00116. The average Bonchev–Trinajstić information content (AvgIpc) is 3.14. The molecule has 3 aliphatic heterocycles. The zero-order valence-electron chi connectivity index (χ0n) is 44.1. The van der Waals surface area contributed by atoms with Crippen LogP contribution in [0.25, 0.3) is 0 Å². The summed E-state index contributed by atoms with van der Waals surface area (Å²) in [6, 6.07) is 0. The monoisotopic (exact) mass is 890 g/mol. The van der Waals surface area contributed by atoms with E-state index < -0.39 is 35.2 Å². The molecule has 3 rings (SSSR count). The van der Waals surface area contributed by atoms with Gasteiger partial charge in [0.2, 0.25) is 0 Å². The Morgan fingerprint density at radius 1 is 0.774 bits per heavy atom. The van der Waals surface area contributed by atoms with E-state index in [2.05, 4.69) is 67.6 Å². The second-order valence-corrected chi connectivity index (χ2v) is 22.9. The van der Waals surface area contributed by atoms with Crippen LogP contribution in [0.4, 0.5) is 0 Å². The van der Waals surface area contributed by atoms with Gasteiger partial charge in [-0.2, -0.15) is 0 Å². The lowest BCUT2D eigenvalue weighted by Crippen LogP contribution is -2.57. The molecule has 0 spiro atoms. The van der Waals surface area contributed by atoms with E-state index in [4.69, 9.17) is 28.4 Å². The molecule has 3 fully saturated rings. The topological polar surface area (TPSA) is 162 Å². The zero-order valence-corrected chi connectivity index (χ0v) is 44.1. The Hall–Kier alpha value is -1.22. The standard InChI is InChI=1S/C26H48O5.C12H24O4.C10H20O2.C2H7N/c1-13-19-26(10,11)21(28)16(3)20(27)15(2)14-24(6,7)22(30-12)17(4)25(8,9)18(5)23(29)31-19;1-8-10(13)12(5,14-6)7-9(15-8)16-11(2,3)4;1-7-5-6-8(11)9(12-7)10(2,3)4;1-3-2/h15-19,21-22,28H,13-14H2,1-12H3;8-10,13H,7H2,1-6H3;7-9,11H,5-6H2,1-4H3;3H,1-2H3. The van der Waals surface area contributed by atoms with E-state index in [1.165, 1.54) is 0 Å². The lowest BCUT2D eigenvalue weighted by molar-refractivity contribution is -0.297. The predicted octanol–water partition coefficient (Wildman–Crippen LogP) is 8.78. The maximum absolute atomic E-state index is 13.3. The van der Waals surface area contributed by atoms with Crippen molar-refractivity contribution in [3.05, 3.63) is 0 Å². The Bertz CT molecular complexity index is 1320. The molecular formula is C50H99NO11. The van der Waals surface area contributed by atoms with Crippen molar-refractivity contribution in [1.82, 2.24) is 5.32 Å². The van der Waals surface area contributed by atoms with Gasteiger partial charge in [0.05, 0.1) is 53.7 Å². The molecule has 14 unspecified atom stereocenters. The van der Waals surface area contributed by atoms with E-state index in [9.17, 15) is 24.9 Å². The van der Waals surface area contributed by atoms with Gasteiger partial charge < -0.3 is 49.1 Å². The smallest absolute Gasteiger partial charge is 0.309 e. The molecule has 14 atom stereocenters. The summed E-state index contributed by atoms with van der Waals surface area (Å²) < 4.78 is 34.5. The number of hydrogen-bond donors (Lipinski definition) is 4. The van der Waals surface area contributed by atoms with Crippen molar-refractivity contribution in [2.45, 2.75) is 237 Å². The summed E-state index contributed by atoms with van der Waals surface area (Å²) >= 11 is 0. The second kappa shape index (κ2) is 24.5. The third kappa shape index (κ3) is 16.9. The SMILES string of the molecule is CC1CCC(O)C(C(C)(C)C)O1.CCC1OC(=O)C(C)C(C)(C)C(C)C(OC)C(C)(C)CC(C)C(=O)C(C)C(O)C1(C)C.CNC.COC1(C)CC(OC(C)(C)C)OC(C)C1O. The number of cyclic esters (lactones) is 1. The summed E-state index contributed by atoms with van der Waals surface area (Å²) in [7, 11) is 7.06. The van der Waals surface area contributed by atoms with E-state index in [0.717, 1.165) is 12.8 Å². The van der Waals surface area contributed by atoms with Crippen molar-refractivity contribution in [2.75, 3.05) is 28.3 Å². The predicted molar refractivity (Wildman–Crippen MR) is 250 cm³/mol. The molecule has 12 heteroatoms. The number of carbonyl (C=O) groups excluding carboxylic acids is 2. The van der Waals surface area contributed by atoms with Gasteiger partial charge in [0, 0.05) is 37.9 Å². The molecular weight excluding hydrogens is 791 g/mol. The molecule has 3 heterocycles. The van der Waals surface area contributed by atoms with Crippen LogP contribution in [0.15, 0.2) is 0 Å². The van der Waals surface area contributed by atoms with E-state index in [-0.39, 0.29) is 82.1 Å². The summed E-state index contributed by atoms with van der Waals surface area (Å²) in [5.74, 6) is -1.29. The molecule has 0 aromatic carbocycles. The number of carbonyl (C=O) groups is 2. The van der Waals surface area contributed by atoms with Gasteiger partial charge in [0.15, 0.2) is 6.29 Å². The molecule has 3 aliphatic rings. The Kier molecular flexibility index (Phi) is 24.0. The number of hydrogen-bond acceptors (Lipinski definition) is 12. The number of aliphatic hydroxyl groups is 3. The van der Waals surface area contributed by atoms with Crippen molar-refractivity contribution in [3.63, 3.8) is 0 Å². The molecule has 12 nitrogen and oxygen atoms in total. The van der Waals surface area contributed by atoms with Crippen molar-refractivity contribution in [1.29, 1.82) is 0 Å². The highest BCUT2D eigenvalue weighted by molar-refractivity contribution is 5.83. The molecule has 0 aromatic heterocycles. The second-order valence-electron chi connectivity index (χ2n) is 22.9. The number of Topliss-reactive ketones (excluding diaryl/α,β-unsaturated/α-hetero) is 1. The van der Waals surface area contributed by atoms with E-state index in [0.29, 0.717) is 25.4 Å². The van der Waals surface area contributed by atoms with Crippen LogP contribution >= 0.6 is 0 Å².